The lowest BCUT2D eigenvalue weighted by Crippen LogP contribution is -2.49. The van der Waals surface area contributed by atoms with Crippen molar-refractivity contribution in [3.05, 3.63) is 12.1 Å². The van der Waals surface area contributed by atoms with Gasteiger partial charge in [0.25, 0.3) is 0 Å². The maximum absolute atomic E-state index is 13.2. The fourth-order valence-corrected chi connectivity index (χ4v) is 4.69. The first kappa shape index (κ1) is 21.2. The zero-order chi connectivity index (χ0) is 21.2. The van der Waals surface area contributed by atoms with Gasteiger partial charge in [-0.15, -0.1) is 6.42 Å². The number of urea groups is 1. The van der Waals surface area contributed by atoms with E-state index >= 15 is 0 Å². The minimum Gasteiger partial charge on any atom is -0.494 e. The summed E-state index contributed by atoms with van der Waals surface area (Å²) in [6.45, 7) is 8.86. The Labute approximate surface area is 175 Å². The molecule has 0 saturated carbocycles. The van der Waals surface area contributed by atoms with Gasteiger partial charge in [0.15, 0.2) is 11.4 Å². The van der Waals surface area contributed by atoms with Crippen LogP contribution >= 0.6 is 11.3 Å². The summed E-state index contributed by atoms with van der Waals surface area (Å²) in [5, 5.41) is 11.1. The molecule has 1 aliphatic rings. The number of ether oxygens (including phenoxy) is 2. The van der Waals surface area contributed by atoms with Gasteiger partial charge in [-0.3, -0.25) is 0 Å². The number of β-amino-alcohol motifs (C(OH)–C–C–N with tert-alkyl or cyclic N) is 1. The second kappa shape index (κ2) is 8.47. The van der Waals surface area contributed by atoms with E-state index in [1.165, 1.54) is 16.2 Å². The maximum Gasteiger partial charge on any atom is 0.329 e. The van der Waals surface area contributed by atoms with E-state index in [9.17, 15) is 9.90 Å². The third-order valence-corrected chi connectivity index (χ3v) is 6.28. The second-order valence-electron chi connectivity index (χ2n) is 6.76. The molecular formula is C21H27N3O4S. The van der Waals surface area contributed by atoms with Crippen molar-refractivity contribution in [1.29, 1.82) is 0 Å². The highest BCUT2D eigenvalue weighted by molar-refractivity contribution is 7.22. The first-order valence-electron chi connectivity index (χ1n) is 9.91. The van der Waals surface area contributed by atoms with Crippen molar-refractivity contribution in [2.24, 2.45) is 0 Å². The summed E-state index contributed by atoms with van der Waals surface area (Å²) in [7, 11) is 0. The van der Waals surface area contributed by atoms with E-state index in [1.54, 1.807) is 11.0 Å². The highest BCUT2D eigenvalue weighted by Crippen LogP contribution is 2.40. The number of aliphatic hydroxyl groups excluding tert-OH is 1. The molecule has 1 aromatic carbocycles. The van der Waals surface area contributed by atoms with E-state index in [0.717, 1.165) is 4.70 Å². The molecule has 8 heteroatoms. The molecule has 1 N–H and O–H groups in total. The first-order valence-corrected chi connectivity index (χ1v) is 10.7. The van der Waals surface area contributed by atoms with Crippen molar-refractivity contribution in [1.82, 2.24) is 9.88 Å². The number of anilines is 1. The molecule has 1 fully saturated rings. The Bertz CT molecular complexity index is 932. The minimum absolute atomic E-state index is 0.142. The molecule has 0 aliphatic carbocycles. The Hall–Kier alpha value is -2.50. The number of carbonyl (C=O) groups is 1. The second-order valence-corrected chi connectivity index (χ2v) is 7.77. The number of aliphatic hydroxyl groups is 1. The van der Waals surface area contributed by atoms with Crippen LogP contribution in [0.1, 0.15) is 40.5 Å². The fourth-order valence-electron chi connectivity index (χ4n) is 3.64. The zero-order valence-electron chi connectivity index (χ0n) is 17.3. The van der Waals surface area contributed by atoms with Crippen molar-refractivity contribution in [2.45, 2.75) is 52.3 Å². The number of terminal acetylenes is 1. The number of benzene rings is 1. The van der Waals surface area contributed by atoms with E-state index in [-0.39, 0.29) is 12.6 Å². The molecule has 2 aromatic rings. The zero-order valence-corrected chi connectivity index (χ0v) is 18.1. The first-order chi connectivity index (χ1) is 13.9. The van der Waals surface area contributed by atoms with Crippen LogP contribution in [0.5, 0.6) is 11.5 Å². The summed E-state index contributed by atoms with van der Waals surface area (Å²) >= 11 is 1.31. The number of nitrogens with zero attached hydrogens (tertiary/aromatic N) is 3. The third kappa shape index (κ3) is 3.61. The van der Waals surface area contributed by atoms with E-state index in [4.69, 9.17) is 15.9 Å². The number of hydrogen-bond donors (Lipinski definition) is 1. The number of rotatable bonds is 8. The Morgan fingerprint density at radius 3 is 2.55 bits per heavy atom. The van der Waals surface area contributed by atoms with E-state index < -0.39 is 11.8 Å². The Balaban J connectivity index is 2.03. The number of amides is 2. The standard InChI is InChI=1S/C21H27N3O4S/c1-6-21(7-2,8-3)23-13-17(25)24(20(23)26)19-22-18-15(28-10-5)11-14(27-9-4)12-16(18)29-19/h1,11-12,17,25H,7-10,13H2,2-5H3. The van der Waals surface area contributed by atoms with Gasteiger partial charge in [-0.05, 0) is 32.8 Å². The van der Waals surface area contributed by atoms with Gasteiger partial charge >= 0.3 is 6.03 Å². The molecular weight excluding hydrogens is 390 g/mol. The highest BCUT2D eigenvalue weighted by atomic mass is 32.1. The number of carbonyl (C=O) groups excluding carboxylic acids is 1. The predicted octanol–water partition coefficient (Wildman–Crippen LogP) is 3.85. The van der Waals surface area contributed by atoms with Gasteiger partial charge < -0.3 is 19.5 Å². The molecule has 0 bridgehead atoms. The molecule has 1 aliphatic heterocycles. The van der Waals surface area contributed by atoms with Gasteiger partial charge in [-0.2, -0.15) is 0 Å². The molecule has 2 heterocycles. The lowest BCUT2D eigenvalue weighted by molar-refractivity contribution is 0.132. The van der Waals surface area contributed by atoms with Crippen LogP contribution in [0.25, 0.3) is 10.2 Å². The third-order valence-electron chi connectivity index (χ3n) is 5.28. The lowest BCUT2D eigenvalue weighted by Gasteiger charge is -2.35. The number of fused-ring (bicyclic) bond motifs is 1. The van der Waals surface area contributed by atoms with Crippen molar-refractivity contribution >= 4 is 32.7 Å². The lowest BCUT2D eigenvalue weighted by atomic mass is 9.92. The molecule has 7 nitrogen and oxygen atoms in total. The van der Waals surface area contributed by atoms with Gasteiger partial charge in [-0.1, -0.05) is 31.1 Å². The Kier molecular flexibility index (Phi) is 6.20. The summed E-state index contributed by atoms with van der Waals surface area (Å²) in [6.07, 6.45) is 5.97. The largest absolute Gasteiger partial charge is 0.494 e. The SMILES string of the molecule is C#CC(CC)(CC)N1CC(O)N(c2nc3c(OCC)cc(OCC)cc3s2)C1=O. The van der Waals surface area contributed by atoms with Gasteiger partial charge in [-0.25, -0.2) is 14.7 Å². The molecule has 1 atom stereocenters. The molecule has 0 radical (unpaired) electrons. The maximum atomic E-state index is 13.2. The molecule has 1 saturated heterocycles. The summed E-state index contributed by atoms with van der Waals surface area (Å²) in [4.78, 5) is 20.7. The van der Waals surface area contributed by atoms with Crippen LogP contribution in [0.4, 0.5) is 9.93 Å². The van der Waals surface area contributed by atoms with Crippen LogP contribution in [0.3, 0.4) is 0 Å². The van der Waals surface area contributed by atoms with Crippen molar-refractivity contribution in [3.8, 4) is 23.8 Å². The van der Waals surface area contributed by atoms with Crippen molar-refractivity contribution < 1.29 is 19.4 Å². The van der Waals surface area contributed by atoms with Crippen molar-refractivity contribution in [3.63, 3.8) is 0 Å². The summed E-state index contributed by atoms with van der Waals surface area (Å²) in [5.74, 6) is 4.04. The quantitative estimate of drug-likeness (QED) is 0.661. The van der Waals surface area contributed by atoms with Crippen LogP contribution in [0.2, 0.25) is 0 Å². The molecule has 3 rings (SSSR count). The van der Waals surface area contributed by atoms with Gasteiger partial charge in [0.2, 0.25) is 0 Å². The van der Waals surface area contributed by atoms with Crippen LogP contribution in [-0.2, 0) is 0 Å². The normalized spacial score (nSPS) is 17.1. The number of thiazole rings is 1. The minimum atomic E-state index is -1.02. The molecule has 1 unspecified atom stereocenters. The van der Waals surface area contributed by atoms with Gasteiger partial charge in [0.05, 0.1) is 24.5 Å². The fraction of sp³-hybridized carbons (Fsp3) is 0.524. The molecule has 2 amide bonds. The van der Waals surface area contributed by atoms with Crippen LogP contribution in [-0.4, -0.2) is 52.5 Å². The van der Waals surface area contributed by atoms with E-state index in [2.05, 4.69) is 10.9 Å². The topological polar surface area (TPSA) is 75.1 Å². The average Bonchev–Trinajstić information content (AvgIpc) is 3.25. The molecule has 1 aromatic heterocycles. The van der Waals surface area contributed by atoms with Crippen LogP contribution in [0, 0.1) is 12.3 Å². The van der Waals surface area contributed by atoms with Crippen LogP contribution < -0.4 is 14.4 Å². The number of hydrogen-bond acceptors (Lipinski definition) is 6. The van der Waals surface area contributed by atoms with E-state index in [1.807, 2.05) is 33.8 Å². The monoisotopic (exact) mass is 417 g/mol. The Morgan fingerprint density at radius 1 is 1.28 bits per heavy atom. The summed E-state index contributed by atoms with van der Waals surface area (Å²) < 4.78 is 12.2. The summed E-state index contributed by atoms with van der Waals surface area (Å²) in [5.41, 5.74) is -0.0785. The Morgan fingerprint density at radius 2 is 1.97 bits per heavy atom. The van der Waals surface area contributed by atoms with Crippen molar-refractivity contribution in [2.75, 3.05) is 24.7 Å². The number of aromatic nitrogens is 1. The van der Waals surface area contributed by atoms with Gasteiger partial charge in [0.1, 0.15) is 22.6 Å². The molecule has 156 valence electrons. The summed E-state index contributed by atoms with van der Waals surface area (Å²) in [6, 6.07) is 3.34. The van der Waals surface area contributed by atoms with E-state index in [0.29, 0.717) is 48.2 Å². The van der Waals surface area contributed by atoms with Gasteiger partial charge in [0, 0.05) is 6.07 Å². The van der Waals surface area contributed by atoms with Crippen LogP contribution in [0.15, 0.2) is 12.1 Å². The molecule has 29 heavy (non-hydrogen) atoms. The molecule has 0 spiro atoms. The average molecular weight is 418 g/mol. The highest BCUT2D eigenvalue weighted by Gasteiger charge is 2.47. The smallest absolute Gasteiger partial charge is 0.329 e. The predicted molar refractivity (Wildman–Crippen MR) is 115 cm³/mol.